The van der Waals surface area contributed by atoms with Gasteiger partial charge in [0, 0.05) is 24.7 Å². The third kappa shape index (κ3) is 2.96. The number of aromatic nitrogens is 2. The number of aryl methyl sites for hydroxylation is 1. The summed E-state index contributed by atoms with van der Waals surface area (Å²) in [5, 5.41) is 3.17. The van der Waals surface area contributed by atoms with Gasteiger partial charge in [-0.15, -0.1) is 0 Å². The molecule has 1 aromatic carbocycles. The molecule has 0 amide bonds. The largest absolute Gasteiger partial charge is 0.356 e. The van der Waals surface area contributed by atoms with Gasteiger partial charge in [0.1, 0.15) is 0 Å². The quantitative estimate of drug-likeness (QED) is 0.930. The van der Waals surface area contributed by atoms with Gasteiger partial charge in [0.25, 0.3) is 0 Å². The molecule has 0 atom stereocenters. The fourth-order valence-electron chi connectivity index (χ4n) is 1.83. The summed E-state index contributed by atoms with van der Waals surface area (Å²) in [7, 11) is -3.16. The summed E-state index contributed by atoms with van der Waals surface area (Å²) in [5.41, 5.74) is 1.78. The Labute approximate surface area is 113 Å². The number of hydrogen-bond acceptors (Lipinski definition) is 4. The van der Waals surface area contributed by atoms with Crippen LogP contribution in [0, 0.1) is 6.92 Å². The normalized spacial score (nSPS) is 11.5. The predicted octanol–water partition coefficient (Wildman–Crippen LogP) is 2.02. The second kappa shape index (κ2) is 5.05. The minimum Gasteiger partial charge on any atom is -0.356 e. The highest BCUT2D eigenvalue weighted by Gasteiger charge is 2.09. The van der Waals surface area contributed by atoms with Gasteiger partial charge in [0.2, 0.25) is 5.95 Å². The highest BCUT2D eigenvalue weighted by atomic mass is 32.2. The van der Waals surface area contributed by atoms with Crippen molar-refractivity contribution in [1.82, 2.24) is 9.55 Å². The van der Waals surface area contributed by atoms with Crippen molar-refractivity contribution in [3.8, 4) is 5.69 Å². The number of nitrogens with one attached hydrogen (secondary N) is 1. The van der Waals surface area contributed by atoms with E-state index in [9.17, 15) is 8.42 Å². The van der Waals surface area contributed by atoms with E-state index in [0.717, 1.165) is 23.9 Å². The molecule has 1 aromatic heterocycles. The first-order valence-corrected chi connectivity index (χ1v) is 7.91. The summed E-state index contributed by atoms with van der Waals surface area (Å²) in [6, 6.07) is 6.77. The van der Waals surface area contributed by atoms with Crippen LogP contribution < -0.4 is 5.32 Å². The molecule has 102 valence electrons. The zero-order valence-corrected chi connectivity index (χ0v) is 12.0. The van der Waals surface area contributed by atoms with Gasteiger partial charge in [-0.3, -0.25) is 4.57 Å². The fraction of sp³-hybridized carbons (Fsp3) is 0.308. The van der Waals surface area contributed by atoms with Gasteiger partial charge in [-0.2, -0.15) is 0 Å². The first kappa shape index (κ1) is 13.6. The SMILES string of the molecule is CCNc1nc(C)cn1-c1ccc(S(C)(=O)=O)cc1. The Morgan fingerprint density at radius 2 is 1.89 bits per heavy atom. The highest BCUT2D eigenvalue weighted by molar-refractivity contribution is 7.90. The number of rotatable bonds is 4. The van der Waals surface area contributed by atoms with E-state index in [1.165, 1.54) is 6.26 Å². The summed E-state index contributed by atoms with van der Waals surface area (Å²) in [4.78, 5) is 4.70. The number of nitrogens with zero attached hydrogens (tertiary/aromatic N) is 2. The van der Waals surface area contributed by atoms with E-state index < -0.39 is 9.84 Å². The minimum atomic E-state index is -3.16. The molecule has 0 aliphatic rings. The maximum Gasteiger partial charge on any atom is 0.207 e. The first-order valence-electron chi connectivity index (χ1n) is 6.02. The summed E-state index contributed by atoms with van der Waals surface area (Å²) in [6.07, 6.45) is 3.11. The number of benzene rings is 1. The molecular weight excluding hydrogens is 262 g/mol. The second-order valence-corrected chi connectivity index (χ2v) is 6.39. The van der Waals surface area contributed by atoms with Crippen molar-refractivity contribution in [2.75, 3.05) is 18.1 Å². The standard InChI is InChI=1S/C13H17N3O2S/c1-4-14-13-15-10(2)9-16(13)11-5-7-12(8-6-11)19(3,17)18/h5-9H,4H2,1-3H3,(H,14,15). The summed E-state index contributed by atoms with van der Waals surface area (Å²) < 4.78 is 24.8. The van der Waals surface area contributed by atoms with Gasteiger partial charge in [0.15, 0.2) is 9.84 Å². The van der Waals surface area contributed by atoms with Crippen LogP contribution in [0.25, 0.3) is 5.69 Å². The molecular formula is C13H17N3O2S. The second-order valence-electron chi connectivity index (χ2n) is 4.37. The van der Waals surface area contributed by atoms with Crippen LogP contribution in [0.4, 0.5) is 5.95 Å². The van der Waals surface area contributed by atoms with E-state index >= 15 is 0 Å². The molecule has 6 heteroatoms. The average molecular weight is 279 g/mol. The van der Waals surface area contributed by atoms with Crippen molar-refractivity contribution in [1.29, 1.82) is 0 Å². The predicted molar refractivity (Wildman–Crippen MR) is 75.6 cm³/mol. The third-order valence-electron chi connectivity index (χ3n) is 2.70. The van der Waals surface area contributed by atoms with Crippen LogP contribution in [0.3, 0.4) is 0 Å². The number of imidazole rings is 1. The van der Waals surface area contributed by atoms with Gasteiger partial charge >= 0.3 is 0 Å². The zero-order valence-electron chi connectivity index (χ0n) is 11.2. The summed E-state index contributed by atoms with van der Waals surface area (Å²) in [6.45, 7) is 4.70. The molecule has 0 bridgehead atoms. The van der Waals surface area contributed by atoms with Crippen molar-refractivity contribution >= 4 is 15.8 Å². The number of sulfone groups is 1. The Kier molecular flexibility index (Phi) is 3.61. The Bertz CT molecular complexity index is 672. The van der Waals surface area contributed by atoms with E-state index in [4.69, 9.17) is 0 Å². The van der Waals surface area contributed by atoms with Crippen LogP contribution in [-0.2, 0) is 9.84 Å². The van der Waals surface area contributed by atoms with Gasteiger partial charge in [-0.25, -0.2) is 13.4 Å². The lowest BCUT2D eigenvalue weighted by Crippen LogP contribution is -2.05. The van der Waals surface area contributed by atoms with Crippen LogP contribution in [0.2, 0.25) is 0 Å². The lowest BCUT2D eigenvalue weighted by atomic mass is 10.3. The van der Waals surface area contributed by atoms with Gasteiger partial charge < -0.3 is 5.32 Å². The monoisotopic (exact) mass is 279 g/mol. The molecule has 0 saturated heterocycles. The lowest BCUT2D eigenvalue weighted by Gasteiger charge is -2.08. The fourth-order valence-corrected chi connectivity index (χ4v) is 2.46. The Morgan fingerprint density at radius 3 is 2.42 bits per heavy atom. The van der Waals surface area contributed by atoms with Crippen molar-refractivity contribution in [3.63, 3.8) is 0 Å². The highest BCUT2D eigenvalue weighted by Crippen LogP contribution is 2.18. The van der Waals surface area contributed by atoms with E-state index in [-0.39, 0.29) is 0 Å². The molecule has 0 saturated carbocycles. The molecule has 0 fully saturated rings. The molecule has 0 radical (unpaired) electrons. The molecule has 0 spiro atoms. The average Bonchev–Trinajstić information content (AvgIpc) is 2.70. The molecule has 5 nitrogen and oxygen atoms in total. The third-order valence-corrected chi connectivity index (χ3v) is 3.83. The van der Waals surface area contributed by atoms with E-state index in [1.54, 1.807) is 24.3 Å². The maximum atomic E-state index is 11.4. The van der Waals surface area contributed by atoms with E-state index in [2.05, 4.69) is 10.3 Å². The molecule has 1 heterocycles. The summed E-state index contributed by atoms with van der Waals surface area (Å²) in [5.74, 6) is 0.757. The van der Waals surface area contributed by atoms with E-state index in [1.807, 2.05) is 24.6 Å². The van der Waals surface area contributed by atoms with Crippen LogP contribution >= 0.6 is 0 Å². The van der Waals surface area contributed by atoms with Crippen molar-refractivity contribution in [2.45, 2.75) is 18.7 Å². The topological polar surface area (TPSA) is 64.0 Å². The van der Waals surface area contributed by atoms with Crippen molar-refractivity contribution in [3.05, 3.63) is 36.2 Å². The molecule has 19 heavy (non-hydrogen) atoms. The van der Waals surface area contributed by atoms with E-state index in [0.29, 0.717) is 4.90 Å². The number of hydrogen-bond donors (Lipinski definition) is 1. The Hall–Kier alpha value is -1.82. The summed E-state index contributed by atoms with van der Waals surface area (Å²) >= 11 is 0. The van der Waals surface area contributed by atoms with Gasteiger partial charge in [-0.05, 0) is 38.1 Å². The van der Waals surface area contributed by atoms with Crippen LogP contribution in [0.5, 0.6) is 0 Å². The Morgan fingerprint density at radius 1 is 1.26 bits per heavy atom. The lowest BCUT2D eigenvalue weighted by molar-refractivity contribution is 0.602. The Balaban J connectivity index is 2.42. The van der Waals surface area contributed by atoms with Crippen molar-refractivity contribution in [2.24, 2.45) is 0 Å². The minimum absolute atomic E-state index is 0.318. The molecule has 0 aliphatic heterocycles. The molecule has 0 unspecified atom stereocenters. The smallest absolute Gasteiger partial charge is 0.207 e. The zero-order chi connectivity index (χ0) is 14.0. The van der Waals surface area contributed by atoms with Crippen LogP contribution in [0.15, 0.2) is 35.4 Å². The maximum absolute atomic E-state index is 11.4. The molecule has 2 rings (SSSR count). The van der Waals surface area contributed by atoms with Gasteiger partial charge in [-0.1, -0.05) is 0 Å². The van der Waals surface area contributed by atoms with Gasteiger partial charge in [0.05, 0.1) is 10.6 Å². The molecule has 2 aromatic rings. The van der Waals surface area contributed by atoms with Crippen LogP contribution in [0.1, 0.15) is 12.6 Å². The molecule has 1 N–H and O–H groups in total. The number of anilines is 1. The first-order chi connectivity index (χ1) is 8.91. The van der Waals surface area contributed by atoms with Crippen molar-refractivity contribution < 1.29 is 8.42 Å². The van der Waals surface area contributed by atoms with Crippen LogP contribution in [-0.4, -0.2) is 30.8 Å². The molecule has 0 aliphatic carbocycles.